The minimum Gasteiger partial charge on any atom is -0.383 e. The fraction of sp³-hybridized carbons (Fsp3) is 0.333. The number of rotatable bonds is 4. The summed E-state index contributed by atoms with van der Waals surface area (Å²) in [6.07, 6.45) is 0. The number of halogens is 1. The van der Waals surface area contributed by atoms with Gasteiger partial charge in [0.05, 0.1) is 6.54 Å². The molecule has 1 aromatic heterocycles. The van der Waals surface area contributed by atoms with Gasteiger partial charge in [0.15, 0.2) is 0 Å². The summed E-state index contributed by atoms with van der Waals surface area (Å²) in [6, 6.07) is 6.31. The summed E-state index contributed by atoms with van der Waals surface area (Å²) in [4.78, 5) is 4.22. The highest BCUT2D eigenvalue weighted by Gasteiger charge is 2.01. The normalized spacial score (nSPS) is 10.5. The minimum absolute atomic E-state index is 0.224. The van der Waals surface area contributed by atoms with Gasteiger partial charge in [0, 0.05) is 12.2 Å². The molecule has 4 nitrogen and oxygen atoms in total. The van der Waals surface area contributed by atoms with Crippen LogP contribution in [-0.2, 0) is 6.54 Å². The third-order valence-corrected chi connectivity index (χ3v) is 2.46. The summed E-state index contributed by atoms with van der Waals surface area (Å²) < 4.78 is 14.5. The van der Waals surface area contributed by atoms with Crippen LogP contribution < -0.4 is 5.32 Å². The van der Waals surface area contributed by atoms with Gasteiger partial charge in [-0.05, 0) is 38.1 Å². The van der Waals surface area contributed by atoms with Gasteiger partial charge < -0.3 is 5.32 Å². The molecule has 17 heavy (non-hydrogen) atoms. The first-order chi connectivity index (χ1) is 8.15. The molecule has 1 heterocycles. The number of aryl methyl sites for hydroxylation is 2. The van der Waals surface area contributed by atoms with E-state index in [0.717, 1.165) is 30.4 Å². The highest BCUT2D eigenvalue weighted by Crippen LogP contribution is 2.07. The van der Waals surface area contributed by atoms with E-state index >= 15 is 0 Å². The van der Waals surface area contributed by atoms with Crippen LogP contribution in [0.15, 0.2) is 24.3 Å². The van der Waals surface area contributed by atoms with Gasteiger partial charge in [0.1, 0.15) is 17.5 Å². The van der Waals surface area contributed by atoms with Crippen LogP contribution in [0.2, 0.25) is 0 Å². The van der Waals surface area contributed by atoms with Crippen LogP contribution in [0.3, 0.4) is 0 Å². The van der Waals surface area contributed by atoms with Crippen molar-refractivity contribution in [3.63, 3.8) is 0 Å². The summed E-state index contributed by atoms with van der Waals surface area (Å²) in [5.74, 6) is 1.46. The van der Waals surface area contributed by atoms with E-state index in [4.69, 9.17) is 0 Å². The zero-order valence-electron chi connectivity index (χ0n) is 9.94. The number of nitrogens with zero attached hydrogens (tertiary/aromatic N) is 3. The number of hydrogen-bond donors (Lipinski definition) is 1. The van der Waals surface area contributed by atoms with Gasteiger partial charge in [-0.1, -0.05) is 0 Å². The maximum Gasteiger partial charge on any atom is 0.147 e. The van der Waals surface area contributed by atoms with Crippen molar-refractivity contribution in [2.75, 3.05) is 11.9 Å². The van der Waals surface area contributed by atoms with E-state index in [1.54, 1.807) is 12.1 Å². The quantitative estimate of drug-likeness (QED) is 0.881. The zero-order valence-corrected chi connectivity index (χ0v) is 9.94. The van der Waals surface area contributed by atoms with E-state index in [2.05, 4.69) is 15.4 Å². The van der Waals surface area contributed by atoms with Crippen molar-refractivity contribution < 1.29 is 4.39 Å². The average molecular weight is 234 g/mol. The fourth-order valence-electron chi connectivity index (χ4n) is 1.65. The van der Waals surface area contributed by atoms with E-state index in [1.807, 2.05) is 18.5 Å². The van der Waals surface area contributed by atoms with Crippen molar-refractivity contribution in [2.24, 2.45) is 0 Å². The number of hydrogen-bond acceptors (Lipinski definition) is 3. The molecule has 0 bridgehead atoms. The molecule has 0 aliphatic rings. The Morgan fingerprint density at radius 1 is 1.24 bits per heavy atom. The Bertz CT molecular complexity index is 490. The first-order valence-electron chi connectivity index (χ1n) is 5.52. The standard InChI is InChI=1S/C12H15FN4/c1-9-15-10(2)17(16-9)8-7-14-12-5-3-11(13)4-6-12/h3-6,14H,7-8H2,1-2H3. The van der Waals surface area contributed by atoms with E-state index in [-0.39, 0.29) is 5.82 Å². The molecular weight excluding hydrogens is 219 g/mol. The molecule has 0 atom stereocenters. The molecule has 0 spiro atoms. The maximum absolute atomic E-state index is 12.7. The molecule has 0 fully saturated rings. The predicted octanol–water partition coefficient (Wildman–Crippen LogP) is 2.15. The lowest BCUT2D eigenvalue weighted by molar-refractivity contribution is 0.612. The second kappa shape index (κ2) is 4.95. The Morgan fingerprint density at radius 2 is 1.94 bits per heavy atom. The van der Waals surface area contributed by atoms with Crippen molar-refractivity contribution in [1.82, 2.24) is 14.8 Å². The van der Waals surface area contributed by atoms with Gasteiger partial charge in [-0.25, -0.2) is 14.1 Å². The Hall–Kier alpha value is -1.91. The topological polar surface area (TPSA) is 42.7 Å². The van der Waals surface area contributed by atoms with Crippen LogP contribution in [0.1, 0.15) is 11.6 Å². The summed E-state index contributed by atoms with van der Waals surface area (Å²) >= 11 is 0. The van der Waals surface area contributed by atoms with Gasteiger partial charge in [-0.2, -0.15) is 5.10 Å². The van der Waals surface area contributed by atoms with Crippen LogP contribution in [0.25, 0.3) is 0 Å². The lowest BCUT2D eigenvalue weighted by Gasteiger charge is -2.06. The third kappa shape index (κ3) is 3.03. The monoisotopic (exact) mass is 234 g/mol. The van der Waals surface area contributed by atoms with Gasteiger partial charge in [0.2, 0.25) is 0 Å². The van der Waals surface area contributed by atoms with E-state index < -0.39 is 0 Å². The largest absolute Gasteiger partial charge is 0.383 e. The van der Waals surface area contributed by atoms with Crippen LogP contribution in [0.5, 0.6) is 0 Å². The van der Waals surface area contributed by atoms with Gasteiger partial charge in [0.25, 0.3) is 0 Å². The minimum atomic E-state index is -0.224. The summed E-state index contributed by atoms with van der Waals surface area (Å²) in [5.41, 5.74) is 0.904. The smallest absolute Gasteiger partial charge is 0.147 e. The number of aromatic nitrogens is 3. The van der Waals surface area contributed by atoms with Crippen molar-refractivity contribution in [3.05, 3.63) is 41.7 Å². The van der Waals surface area contributed by atoms with E-state index in [0.29, 0.717) is 0 Å². The van der Waals surface area contributed by atoms with E-state index in [1.165, 1.54) is 12.1 Å². The van der Waals surface area contributed by atoms with Crippen molar-refractivity contribution in [3.8, 4) is 0 Å². The van der Waals surface area contributed by atoms with Gasteiger partial charge in [-0.3, -0.25) is 0 Å². The molecule has 0 aliphatic carbocycles. The molecule has 90 valence electrons. The molecule has 1 aromatic carbocycles. The number of benzene rings is 1. The summed E-state index contributed by atoms with van der Waals surface area (Å²) in [7, 11) is 0. The van der Waals surface area contributed by atoms with Crippen LogP contribution in [-0.4, -0.2) is 21.3 Å². The number of nitrogens with one attached hydrogen (secondary N) is 1. The third-order valence-electron chi connectivity index (χ3n) is 2.46. The van der Waals surface area contributed by atoms with Gasteiger partial charge >= 0.3 is 0 Å². The second-order valence-electron chi connectivity index (χ2n) is 3.86. The maximum atomic E-state index is 12.7. The molecule has 0 aliphatic heterocycles. The Labute approximate surface area is 99.5 Å². The van der Waals surface area contributed by atoms with Gasteiger partial charge in [-0.15, -0.1) is 0 Å². The van der Waals surface area contributed by atoms with Crippen molar-refractivity contribution in [2.45, 2.75) is 20.4 Å². The Morgan fingerprint density at radius 3 is 2.53 bits per heavy atom. The molecule has 0 unspecified atom stereocenters. The molecule has 5 heteroatoms. The summed E-state index contributed by atoms with van der Waals surface area (Å²) in [6.45, 7) is 5.27. The zero-order chi connectivity index (χ0) is 12.3. The predicted molar refractivity (Wildman–Crippen MR) is 64.4 cm³/mol. The van der Waals surface area contributed by atoms with Crippen molar-refractivity contribution in [1.29, 1.82) is 0 Å². The average Bonchev–Trinajstić information content (AvgIpc) is 2.60. The fourth-order valence-corrected chi connectivity index (χ4v) is 1.65. The molecule has 0 saturated carbocycles. The SMILES string of the molecule is Cc1nc(C)n(CCNc2ccc(F)cc2)n1. The second-order valence-corrected chi connectivity index (χ2v) is 3.86. The molecule has 1 N–H and O–H groups in total. The first-order valence-corrected chi connectivity index (χ1v) is 5.52. The highest BCUT2D eigenvalue weighted by atomic mass is 19.1. The summed E-state index contributed by atoms with van der Waals surface area (Å²) in [5, 5.41) is 7.46. The molecule has 0 saturated heterocycles. The van der Waals surface area contributed by atoms with E-state index in [9.17, 15) is 4.39 Å². The lowest BCUT2D eigenvalue weighted by Crippen LogP contribution is -2.12. The molecule has 0 radical (unpaired) electrons. The Kier molecular flexibility index (Phi) is 3.37. The molecular formula is C12H15FN4. The lowest BCUT2D eigenvalue weighted by atomic mass is 10.3. The molecule has 2 aromatic rings. The Balaban J connectivity index is 1.87. The molecule has 2 rings (SSSR count). The van der Waals surface area contributed by atoms with Crippen LogP contribution >= 0.6 is 0 Å². The first kappa shape index (κ1) is 11.6. The number of anilines is 1. The highest BCUT2D eigenvalue weighted by molar-refractivity contribution is 5.42. The molecule has 0 amide bonds. The van der Waals surface area contributed by atoms with Crippen molar-refractivity contribution >= 4 is 5.69 Å². The van der Waals surface area contributed by atoms with Crippen LogP contribution in [0.4, 0.5) is 10.1 Å². The van der Waals surface area contributed by atoms with Crippen LogP contribution in [0, 0.1) is 19.7 Å².